The quantitative estimate of drug-likeness (QED) is 0.731. The van der Waals surface area contributed by atoms with Crippen molar-refractivity contribution in [3.05, 3.63) is 35.9 Å². The van der Waals surface area contributed by atoms with Gasteiger partial charge < -0.3 is 0 Å². The normalized spacial score (nSPS) is 17.7. The fraction of sp³-hybridized carbons (Fsp3) is 0.333. The molecule has 1 aliphatic heterocycles. The molecule has 0 fully saturated rings. The van der Waals surface area contributed by atoms with Crippen LogP contribution >= 0.6 is 11.9 Å². The molecule has 1 aliphatic rings. The first kappa shape index (κ1) is 10.4. The number of nitrogens with zero attached hydrogens (tertiary/aromatic N) is 1. The third kappa shape index (κ3) is 2.48. The monoisotopic (exact) mass is 219 g/mol. The fourth-order valence-corrected chi connectivity index (χ4v) is 2.32. The minimum atomic E-state index is 0.197. The van der Waals surface area contributed by atoms with Crippen LogP contribution in [-0.2, 0) is 4.79 Å². The van der Waals surface area contributed by atoms with Gasteiger partial charge >= 0.3 is 0 Å². The van der Waals surface area contributed by atoms with Crippen LogP contribution in [0.2, 0.25) is 0 Å². The van der Waals surface area contributed by atoms with Gasteiger partial charge in [-0.3, -0.25) is 4.79 Å². The van der Waals surface area contributed by atoms with Gasteiger partial charge in [0.1, 0.15) is 0 Å². The number of ketones is 1. The molecule has 0 radical (unpaired) electrons. The lowest BCUT2D eigenvalue weighted by Gasteiger charge is -2.10. The van der Waals surface area contributed by atoms with Crippen molar-refractivity contribution < 1.29 is 4.79 Å². The van der Waals surface area contributed by atoms with Crippen LogP contribution in [-0.4, -0.2) is 17.2 Å². The van der Waals surface area contributed by atoms with Gasteiger partial charge in [-0.05, 0) is 23.4 Å². The predicted octanol–water partition coefficient (Wildman–Crippen LogP) is 2.85. The molecule has 0 aromatic heterocycles. The van der Waals surface area contributed by atoms with E-state index >= 15 is 0 Å². The van der Waals surface area contributed by atoms with Crippen LogP contribution in [0.1, 0.15) is 24.8 Å². The first-order chi connectivity index (χ1) is 7.27. The van der Waals surface area contributed by atoms with Crippen molar-refractivity contribution in [3.63, 3.8) is 0 Å². The van der Waals surface area contributed by atoms with Crippen molar-refractivity contribution >= 4 is 23.4 Å². The van der Waals surface area contributed by atoms with Crippen LogP contribution in [0.5, 0.6) is 0 Å². The van der Waals surface area contributed by atoms with E-state index in [9.17, 15) is 4.79 Å². The van der Waals surface area contributed by atoms with Crippen LogP contribution in [0.15, 0.2) is 34.7 Å². The molecule has 0 amide bonds. The van der Waals surface area contributed by atoms with E-state index in [0.717, 1.165) is 12.1 Å². The largest absolute Gasteiger partial charge is 0.292 e. The van der Waals surface area contributed by atoms with E-state index < -0.39 is 0 Å². The molecule has 78 valence electrons. The molecular weight excluding hydrogens is 206 g/mol. The average Bonchev–Trinajstić information content (AvgIpc) is 2.66. The summed E-state index contributed by atoms with van der Waals surface area (Å²) in [6, 6.07) is 10.2. The maximum Gasteiger partial charge on any atom is 0.189 e. The maximum atomic E-state index is 11.4. The van der Waals surface area contributed by atoms with E-state index in [4.69, 9.17) is 0 Å². The Balaban J connectivity index is 2.04. The molecule has 15 heavy (non-hydrogen) atoms. The van der Waals surface area contributed by atoms with Crippen LogP contribution in [0, 0.1) is 0 Å². The van der Waals surface area contributed by atoms with Crippen LogP contribution in [0.4, 0.5) is 0 Å². The first-order valence-electron chi connectivity index (χ1n) is 5.04. The third-order valence-corrected chi connectivity index (χ3v) is 3.30. The first-order valence-corrected chi connectivity index (χ1v) is 5.98. The molecule has 1 unspecified atom stereocenters. The molecule has 0 spiro atoms. The molecule has 0 N–H and O–H groups in total. The zero-order valence-corrected chi connectivity index (χ0v) is 9.46. The zero-order chi connectivity index (χ0) is 10.7. The Kier molecular flexibility index (Phi) is 3.21. The number of carbonyl (C=O) groups excluding carboxylic acids is 1. The SMILES string of the molecule is CC(CC1=NSCC1=O)c1ccccc1. The van der Waals surface area contributed by atoms with Crippen molar-refractivity contribution in [3.8, 4) is 0 Å². The summed E-state index contributed by atoms with van der Waals surface area (Å²) in [5.74, 6) is 1.09. The molecule has 3 heteroatoms. The third-order valence-electron chi connectivity index (χ3n) is 2.56. The summed E-state index contributed by atoms with van der Waals surface area (Å²) in [5, 5.41) is 0. The van der Waals surface area contributed by atoms with E-state index in [1.54, 1.807) is 0 Å². The summed E-state index contributed by atoms with van der Waals surface area (Å²) in [7, 11) is 0. The van der Waals surface area contributed by atoms with Gasteiger partial charge in [0.2, 0.25) is 0 Å². The Bertz CT molecular complexity index is 386. The highest BCUT2D eigenvalue weighted by atomic mass is 32.2. The van der Waals surface area contributed by atoms with Gasteiger partial charge in [-0.1, -0.05) is 37.3 Å². The van der Waals surface area contributed by atoms with E-state index in [0.29, 0.717) is 11.7 Å². The van der Waals surface area contributed by atoms with Crippen molar-refractivity contribution in [1.29, 1.82) is 0 Å². The molecule has 1 atom stereocenters. The Morgan fingerprint density at radius 2 is 2.13 bits per heavy atom. The fourth-order valence-electron chi connectivity index (χ4n) is 1.64. The topological polar surface area (TPSA) is 29.4 Å². The van der Waals surface area contributed by atoms with Gasteiger partial charge in [-0.2, -0.15) is 0 Å². The highest BCUT2D eigenvalue weighted by molar-refractivity contribution is 7.99. The molecule has 1 heterocycles. The number of Topliss-reactive ketones (excluding diaryl/α,β-unsaturated/α-hetero) is 1. The molecule has 1 aromatic carbocycles. The summed E-state index contributed by atoms with van der Waals surface area (Å²) >= 11 is 1.37. The van der Waals surface area contributed by atoms with Gasteiger partial charge in [0.25, 0.3) is 0 Å². The minimum absolute atomic E-state index is 0.197. The molecule has 0 saturated carbocycles. The molecule has 2 rings (SSSR count). The van der Waals surface area contributed by atoms with Gasteiger partial charge in [0.05, 0.1) is 11.5 Å². The van der Waals surface area contributed by atoms with E-state index in [1.165, 1.54) is 17.5 Å². The summed E-state index contributed by atoms with van der Waals surface area (Å²) < 4.78 is 4.17. The van der Waals surface area contributed by atoms with Gasteiger partial charge in [0.15, 0.2) is 5.78 Å². The highest BCUT2D eigenvalue weighted by Gasteiger charge is 2.20. The molecule has 0 saturated heterocycles. The number of hydrogen-bond acceptors (Lipinski definition) is 3. The standard InChI is InChI=1S/C12H13NOS/c1-9(10-5-3-2-4-6-10)7-11-12(14)8-15-13-11/h2-6,9H,7-8H2,1H3. The Morgan fingerprint density at radius 1 is 1.40 bits per heavy atom. The van der Waals surface area contributed by atoms with Crippen LogP contribution < -0.4 is 0 Å². The van der Waals surface area contributed by atoms with Crippen molar-refractivity contribution in [2.24, 2.45) is 4.40 Å². The summed E-state index contributed by atoms with van der Waals surface area (Å²) in [6.45, 7) is 2.13. The Labute approximate surface area is 93.9 Å². The lowest BCUT2D eigenvalue weighted by molar-refractivity contribution is -0.110. The van der Waals surface area contributed by atoms with Crippen molar-refractivity contribution in [2.75, 3.05) is 5.75 Å². The summed E-state index contributed by atoms with van der Waals surface area (Å²) in [5.41, 5.74) is 2.02. The van der Waals surface area contributed by atoms with Crippen LogP contribution in [0.25, 0.3) is 0 Å². The smallest absolute Gasteiger partial charge is 0.189 e. The molecule has 1 aromatic rings. The van der Waals surface area contributed by atoms with E-state index in [-0.39, 0.29) is 5.78 Å². The number of hydrogen-bond donors (Lipinski definition) is 0. The number of rotatable bonds is 3. The predicted molar refractivity (Wildman–Crippen MR) is 64.4 cm³/mol. The maximum absolute atomic E-state index is 11.4. The zero-order valence-electron chi connectivity index (χ0n) is 8.64. The molecule has 2 nitrogen and oxygen atoms in total. The molecule has 0 bridgehead atoms. The Hall–Kier alpha value is -1.09. The van der Waals surface area contributed by atoms with E-state index in [1.807, 2.05) is 18.2 Å². The van der Waals surface area contributed by atoms with Gasteiger partial charge in [-0.25, -0.2) is 4.40 Å². The second kappa shape index (κ2) is 4.62. The lowest BCUT2D eigenvalue weighted by atomic mass is 9.94. The Morgan fingerprint density at radius 3 is 2.73 bits per heavy atom. The number of benzene rings is 1. The lowest BCUT2D eigenvalue weighted by Crippen LogP contribution is -2.13. The second-order valence-electron chi connectivity index (χ2n) is 3.75. The van der Waals surface area contributed by atoms with Gasteiger partial charge in [-0.15, -0.1) is 0 Å². The molecular formula is C12H13NOS. The minimum Gasteiger partial charge on any atom is -0.292 e. The average molecular weight is 219 g/mol. The number of carbonyl (C=O) groups is 1. The summed E-state index contributed by atoms with van der Waals surface area (Å²) in [4.78, 5) is 11.4. The summed E-state index contributed by atoms with van der Waals surface area (Å²) in [6.07, 6.45) is 0.760. The highest BCUT2D eigenvalue weighted by Crippen LogP contribution is 2.23. The van der Waals surface area contributed by atoms with Crippen molar-refractivity contribution in [1.82, 2.24) is 0 Å². The van der Waals surface area contributed by atoms with Crippen LogP contribution in [0.3, 0.4) is 0 Å². The van der Waals surface area contributed by atoms with E-state index in [2.05, 4.69) is 23.5 Å². The molecule has 0 aliphatic carbocycles. The van der Waals surface area contributed by atoms with Crippen molar-refractivity contribution in [2.45, 2.75) is 19.3 Å². The second-order valence-corrected chi connectivity index (χ2v) is 4.48. The van der Waals surface area contributed by atoms with Gasteiger partial charge in [0, 0.05) is 6.42 Å².